The van der Waals surface area contributed by atoms with E-state index in [-0.39, 0.29) is 18.4 Å². The number of hydrogen-bond acceptors (Lipinski definition) is 5. The van der Waals surface area contributed by atoms with Gasteiger partial charge in [0.2, 0.25) is 5.91 Å². The van der Waals surface area contributed by atoms with Crippen LogP contribution in [0.15, 0.2) is 47.8 Å². The molecule has 30 heavy (non-hydrogen) atoms. The summed E-state index contributed by atoms with van der Waals surface area (Å²) in [7, 11) is 0. The van der Waals surface area contributed by atoms with E-state index < -0.39 is 0 Å². The molecule has 8 heteroatoms. The summed E-state index contributed by atoms with van der Waals surface area (Å²) < 4.78 is 11.5. The maximum Gasteiger partial charge on any atom is 0.230 e. The summed E-state index contributed by atoms with van der Waals surface area (Å²) in [5, 5.41) is 6.69. The van der Waals surface area contributed by atoms with Gasteiger partial charge in [-0.3, -0.25) is 4.79 Å². The Morgan fingerprint density at radius 3 is 2.93 bits per heavy atom. The van der Waals surface area contributed by atoms with Gasteiger partial charge in [0.25, 0.3) is 0 Å². The minimum Gasteiger partial charge on any atom is -0.489 e. The van der Waals surface area contributed by atoms with Gasteiger partial charge >= 0.3 is 0 Å². The molecule has 1 atom stereocenters. The van der Waals surface area contributed by atoms with E-state index in [1.807, 2.05) is 29.6 Å². The molecule has 3 aromatic rings. The van der Waals surface area contributed by atoms with E-state index in [4.69, 9.17) is 32.7 Å². The number of benzene rings is 2. The number of rotatable bonds is 7. The van der Waals surface area contributed by atoms with Crippen molar-refractivity contribution in [2.24, 2.45) is 0 Å². The van der Waals surface area contributed by atoms with Crippen molar-refractivity contribution in [3.63, 3.8) is 0 Å². The van der Waals surface area contributed by atoms with E-state index in [0.29, 0.717) is 33.8 Å². The number of ether oxygens (including phenoxy) is 2. The van der Waals surface area contributed by atoms with Crippen LogP contribution in [0.3, 0.4) is 0 Å². The van der Waals surface area contributed by atoms with Crippen LogP contribution in [0.25, 0.3) is 10.6 Å². The third kappa shape index (κ3) is 5.32. The topological polar surface area (TPSA) is 60.5 Å². The molecule has 1 N–H and O–H groups in total. The highest BCUT2D eigenvalue weighted by atomic mass is 35.5. The van der Waals surface area contributed by atoms with Crippen LogP contribution < -0.4 is 10.1 Å². The predicted octanol–water partition coefficient (Wildman–Crippen LogP) is 5.86. The molecule has 0 radical (unpaired) electrons. The Morgan fingerprint density at radius 1 is 1.27 bits per heavy atom. The second-order valence-electron chi connectivity index (χ2n) is 6.94. The molecule has 1 fully saturated rings. The monoisotopic (exact) mass is 462 g/mol. The SMILES string of the molecule is O=C(Cc1csc(-c2ccccc2Cl)n1)Nc1cc(Cl)ccc1OCC1CCCO1. The van der Waals surface area contributed by atoms with E-state index in [1.54, 1.807) is 18.2 Å². The van der Waals surface area contributed by atoms with E-state index in [1.165, 1.54) is 11.3 Å². The number of nitrogens with zero attached hydrogens (tertiary/aromatic N) is 1. The lowest BCUT2D eigenvalue weighted by atomic mass is 10.2. The third-order valence-corrected chi connectivity index (χ3v) is 6.15. The van der Waals surface area contributed by atoms with E-state index in [9.17, 15) is 4.79 Å². The van der Waals surface area contributed by atoms with Crippen molar-refractivity contribution in [2.75, 3.05) is 18.5 Å². The number of anilines is 1. The predicted molar refractivity (Wildman–Crippen MR) is 121 cm³/mol. The van der Waals surface area contributed by atoms with Crippen LogP contribution in [-0.2, 0) is 16.0 Å². The average Bonchev–Trinajstić information content (AvgIpc) is 3.40. The summed E-state index contributed by atoms with van der Waals surface area (Å²) in [5.41, 5.74) is 2.07. The van der Waals surface area contributed by atoms with Crippen LogP contribution in [-0.4, -0.2) is 30.2 Å². The fourth-order valence-corrected chi connectivity index (χ4v) is 4.50. The summed E-state index contributed by atoms with van der Waals surface area (Å²) in [6, 6.07) is 12.7. The smallest absolute Gasteiger partial charge is 0.230 e. The first-order valence-electron chi connectivity index (χ1n) is 9.61. The highest BCUT2D eigenvalue weighted by molar-refractivity contribution is 7.13. The Hall–Kier alpha value is -2.12. The number of thiazole rings is 1. The third-order valence-electron chi connectivity index (χ3n) is 4.66. The fourth-order valence-electron chi connectivity index (χ4n) is 3.19. The molecule has 2 aromatic carbocycles. The summed E-state index contributed by atoms with van der Waals surface area (Å²) in [6.45, 7) is 1.21. The second kappa shape index (κ2) is 9.79. The summed E-state index contributed by atoms with van der Waals surface area (Å²) in [4.78, 5) is 17.2. The molecule has 1 aliphatic heterocycles. The van der Waals surface area contributed by atoms with Gasteiger partial charge in [0.05, 0.1) is 28.9 Å². The Bertz CT molecular complexity index is 1030. The van der Waals surface area contributed by atoms with Crippen molar-refractivity contribution in [3.05, 3.63) is 63.6 Å². The quantitative estimate of drug-likeness (QED) is 0.477. The maximum absolute atomic E-state index is 12.6. The van der Waals surface area contributed by atoms with Crippen LogP contribution >= 0.6 is 34.5 Å². The zero-order valence-electron chi connectivity index (χ0n) is 16.1. The standard InChI is InChI=1S/C22H20Cl2N2O3S/c23-14-7-8-20(29-12-16-4-3-9-28-16)19(10-14)26-21(27)11-15-13-30-22(25-15)17-5-1-2-6-18(17)24/h1-2,5-8,10,13,16H,3-4,9,11-12H2,(H,26,27). The molecule has 0 saturated carbocycles. The Balaban J connectivity index is 1.41. The van der Waals surface area contributed by atoms with Gasteiger partial charge < -0.3 is 14.8 Å². The van der Waals surface area contributed by atoms with Gasteiger partial charge in [-0.1, -0.05) is 41.4 Å². The Labute approximate surface area is 188 Å². The molecular weight excluding hydrogens is 443 g/mol. The first-order chi connectivity index (χ1) is 14.6. The number of carbonyl (C=O) groups excluding carboxylic acids is 1. The molecule has 2 heterocycles. The lowest BCUT2D eigenvalue weighted by Crippen LogP contribution is -2.19. The molecule has 5 nitrogen and oxygen atoms in total. The highest BCUT2D eigenvalue weighted by Gasteiger charge is 2.18. The zero-order valence-corrected chi connectivity index (χ0v) is 18.4. The Kier molecular flexibility index (Phi) is 6.89. The molecule has 1 aromatic heterocycles. The first kappa shape index (κ1) is 21.1. The minimum absolute atomic E-state index is 0.0856. The van der Waals surface area contributed by atoms with E-state index in [0.717, 1.165) is 30.0 Å². The summed E-state index contributed by atoms with van der Waals surface area (Å²) in [6.07, 6.45) is 2.25. The van der Waals surface area contributed by atoms with Crippen molar-refractivity contribution < 1.29 is 14.3 Å². The molecule has 0 aliphatic carbocycles. The van der Waals surface area contributed by atoms with Crippen LogP contribution in [0, 0.1) is 0 Å². The number of halogens is 2. The molecular formula is C22H20Cl2N2O3S. The average molecular weight is 463 g/mol. The number of carbonyl (C=O) groups is 1. The normalized spacial score (nSPS) is 15.9. The van der Waals surface area contributed by atoms with E-state index >= 15 is 0 Å². The molecule has 4 rings (SSSR count). The largest absolute Gasteiger partial charge is 0.489 e. The van der Waals surface area contributed by atoms with Crippen molar-refractivity contribution in [3.8, 4) is 16.3 Å². The van der Waals surface area contributed by atoms with E-state index in [2.05, 4.69) is 10.3 Å². The van der Waals surface area contributed by atoms with Gasteiger partial charge in [-0.2, -0.15) is 0 Å². The van der Waals surface area contributed by atoms with Crippen molar-refractivity contribution in [1.82, 2.24) is 4.98 Å². The van der Waals surface area contributed by atoms with Crippen molar-refractivity contribution in [2.45, 2.75) is 25.4 Å². The van der Waals surface area contributed by atoms with Gasteiger partial charge in [0.15, 0.2) is 0 Å². The highest BCUT2D eigenvalue weighted by Crippen LogP contribution is 2.31. The molecule has 1 saturated heterocycles. The number of amides is 1. The Morgan fingerprint density at radius 2 is 2.13 bits per heavy atom. The van der Waals surface area contributed by atoms with Gasteiger partial charge in [0, 0.05) is 22.6 Å². The summed E-state index contributed by atoms with van der Waals surface area (Å²) >= 11 is 13.8. The van der Waals surface area contributed by atoms with Gasteiger partial charge in [0.1, 0.15) is 17.4 Å². The lowest BCUT2D eigenvalue weighted by Gasteiger charge is -2.15. The van der Waals surface area contributed by atoms with Crippen LogP contribution in [0.5, 0.6) is 5.75 Å². The van der Waals surface area contributed by atoms with Crippen LogP contribution in [0.4, 0.5) is 5.69 Å². The van der Waals surface area contributed by atoms with Crippen molar-refractivity contribution >= 4 is 46.1 Å². The number of aromatic nitrogens is 1. The lowest BCUT2D eigenvalue weighted by molar-refractivity contribution is -0.115. The van der Waals surface area contributed by atoms with Crippen LogP contribution in [0.2, 0.25) is 10.0 Å². The van der Waals surface area contributed by atoms with Crippen molar-refractivity contribution in [1.29, 1.82) is 0 Å². The van der Waals surface area contributed by atoms with Gasteiger partial charge in [-0.25, -0.2) is 4.98 Å². The second-order valence-corrected chi connectivity index (χ2v) is 8.64. The fraction of sp³-hybridized carbons (Fsp3) is 0.273. The molecule has 1 amide bonds. The number of nitrogens with one attached hydrogen (secondary N) is 1. The molecule has 0 bridgehead atoms. The zero-order chi connectivity index (χ0) is 20.9. The molecule has 1 aliphatic rings. The first-order valence-corrected chi connectivity index (χ1v) is 11.2. The molecule has 1 unspecified atom stereocenters. The van der Waals surface area contributed by atoms with Crippen LogP contribution in [0.1, 0.15) is 18.5 Å². The molecule has 0 spiro atoms. The van der Waals surface area contributed by atoms with Gasteiger partial charge in [-0.05, 0) is 37.1 Å². The minimum atomic E-state index is -0.199. The summed E-state index contributed by atoms with van der Waals surface area (Å²) in [5.74, 6) is 0.369. The van der Waals surface area contributed by atoms with Gasteiger partial charge in [-0.15, -0.1) is 11.3 Å². The number of hydrogen-bond donors (Lipinski definition) is 1. The molecule has 156 valence electrons. The maximum atomic E-state index is 12.6.